The first-order valence-corrected chi connectivity index (χ1v) is 5.75. The fourth-order valence-electron chi connectivity index (χ4n) is 1.15. The van der Waals surface area contributed by atoms with Crippen LogP contribution in [0, 0.1) is 0 Å². The summed E-state index contributed by atoms with van der Waals surface area (Å²) in [6, 6.07) is 4.08. The number of halogens is 1. The average Bonchev–Trinajstić information content (AvgIpc) is 2.58. The second-order valence-corrected chi connectivity index (χ2v) is 4.63. The van der Waals surface area contributed by atoms with Gasteiger partial charge < -0.3 is 4.90 Å². The van der Waals surface area contributed by atoms with Gasteiger partial charge in [-0.2, -0.15) is 0 Å². The van der Waals surface area contributed by atoms with Gasteiger partial charge in [-0.3, -0.25) is 0 Å². The van der Waals surface area contributed by atoms with Gasteiger partial charge in [-0.05, 0) is 28.1 Å². The SMILES string of the molecule is Brc1ccc(N2CCSC2)nc1. The van der Waals surface area contributed by atoms with E-state index in [-0.39, 0.29) is 0 Å². The van der Waals surface area contributed by atoms with E-state index in [2.05, 4.69) is 31.9 Å². The van der Waals surface area contributed by atoms with Crippen LogP contribution in [0.3, 0.4) is 0 Å². The molecule has 0 radical (unpaired) electrons. The third-order valence-electron chi connectivity index (χ3n) is 1.79. The van der Waals surface area contributed by atoms with Crippen molar-refractivity contribution in [2.45, 2.75) is 0 Å². The molecule has 1 fully saturated rings. The Morgan fingerprint density at radius 1 is 1.50 bits per heavy atom. The van der Waals surface area contributed by atoms with Crippen molar-refractivity contribution in [2.75, 3.05) is 23.1 Å². The highest BCUT2D eigenvalue weighted by atomic mass is 79.9. The number of anilines is 1. The Balaban J connectivity index is 2.17. The lowest BCUT2D eigenvalue weighted by molar-refractivity contribution is 0.959. The Morgan fingerprint density at radius 3 is 3.00 bits per heavy atom. The Bertz CT molecular complexity index is 256. The highest BCUT2D eigenvalue weighted by Crippen LogP contribution is 2.21. The van der Waals surface area contributed by atoms with Crippen molar-refractivity contribution in [3.8, 4) is 0 Å². The molecule has 0 aliphatic carbocycles. The monoisotopic (exact) mass is 244 g/mol. The third-order valence-corrected chi connectivity index (χ3v) is 3.22. The Hall–Kier alpha value is -0.220. The summed E-state index contributed by atoms with van der Waals surface area (Å²) in [5.74, 6) is 3.38. The van der Waals surface area contributed by atoms with Crippen LogP contribution in [0.15, 0.2) is 22.8 Å². The maximum Gasteiger partial charge on any atom is 0.129 e. The minimum atomic E-state index is 1.04. The summed E-state index contributed by atoms with van der Waals surface area (Å²) in [4.78, 5) is 6.61. The fourth-order valence-corrected chi connectivity index (χ4v) is 2.34. The molecular weight excluding hydrogens is 236 g/mol. The van der Waals surface area contributed by atoms with Crippen molar-refractivity contribution in [2.24, 2.45) is 0 Å². The molecule has 12 heavy (non-hydrogen) atoms. The third kappa shape index (κ3) is 1.75. The van der Waals surface area contributed by atoms with Crippen molar-refractivity contribution in [1.29, 1.82) is 0 Å². The normalized spacial score (nSPS) is 16.9. The first kappa shape index (κ1) is 8.38. The van der Waals surface area contributed by atoms with E-state index >= 15 is 0 Å². The molecule has 1 saturated heterocycles. The largest absolute Gasteiger partial charge is 0.347 e. The second kappa shape index (κ2) is 3.66. The second-order valence-electron chi connectivity index (χ2n) is 2.64. The van der Waals surface area contributed by atoms with Crippen LogP contribution >= 0.6 is 27.7 Å². The summed E-state index contributed by atoms with van der Waals surface area (Å²) in [5, 5.41) is 0. The van der Waals surface area contributed by atoms with Crippen molar-refractivity contribution in [3.63, 3.8) is 0 Å². The van der Waals surface area contributed by atoms with Crippen LogP contribution in [0.5, 0.6) is 0 Å². The van der Waals surface area contributed by atoms with Gasteiger partial charge in [0.05, 0.1) is 5.88 Å². The molecule has 0 saturated carbocycles. The Labute approximate surface area is 84.5 Å². The van der Waals surface area contributed by atoms with Crippen LogP contribution in [0.2, 0.25) is 0 Å². The summed E-state index contributed by atoms with van der Waals surface area (Å²) in [7, 11) is 0. The number of nitrogens with zero attached hydrogens (tertiary/aromatic N) is 2. The van der Waals surface area contributed by atoms with E-state index in [4.69, 9.17) is 0 Å². The molecule has 2 nitrogen and oxygen atoms in total. The van der Waals surface area contributed by atoms with Crippen LogP contribution in [0.1, 0.15) is 0 Å². The van der Waals surface area contributed by atoms with Gasteiger partial charge >= 0.3 is 0 Å². The van der Waals surface area contributed by atoms with Crippen LogP contribution in [0.25, 0.3) is 0 Å². The van der Waals surface area contributed by atoms with Gasteiger partial charge in [-0.15, -0.1) is 11.8 Å². The standard InChI is InChI=1S/C8H9BrN2S/c9-7-1-2-8(10-5-7)11-3-4-12-6-11/h1-2,5H,3-4,6H2. The van der Waals surface area contributed by atoms with E-state index in [1.54, 1.807) is 0 Å². The van der Waals surface area contributed by atoms with Gasteiger partial charge in [0.1, 0.15) is 5.82 Å². The highest BCUT2D eigenvalue weighted by molar-refractivity contribution is 9.10. The fraction of sp³-hybridized carbons (Fsp3) is 0.375. The van der Waals surface area contributed by atoms with E-state index in [1.807, 2.05) is 24.0 Å². The summed E-state index contributed by atoms with van der Waals surface area (Å²) in [5.41, 5.74) is 0. The number of aromatic nitrogens is 1. The zero-order valence-electron chi connectivity index (χ0n) is 6.53. The average molecular weight is 245 g/mol. The lowest BCUT2D eigenvalue weighted by atomic mass is 10.4. The van der Waals surface area contributed by atoms with Crippen molar-refractivity contribution < 1.29 is 0 Å². The molecule has 0 unspecified atom stereocenters. The Morgan fingerprint density at radius 2 is 2.42 bits per heavy atom. The molecule has 1 aliphatic heterocycles. The van der Waals surface area contributed by atoms with Crippen molar-refractivity contribution in [3.05, 3.63) is 22.8 Å². The summed E-state index contributed by atoms with van der Waals surface area (Å²) in [6.07, 6.45) is 1.85. The van der Waals surface area contributed by atoms with Crippen molar-refractivity contribution >= 4 is 33.5 Å². The molecule has 64 valence electrons. The van der Waals surface area contributed by atoms with Crippen LogP contribution < -0.4 is 4.90 Å². The maximum atomic E-state index is 4.33. The minimum absolute atomic E-state index is 1.04. The predicted molar refractivity (Wildman–Crippen MR) is 56.6 cm³/mol. The molecule has 0 atom stereocenters. The molecular formula is C8H9BrN2S. The van der Waals surface area contributed by atoms with Gasteiger partial charge in [0, 0.05) is 23.0 Å². The molecule has 1 aromatic rings. The van der Waals surface area contributed by atoms with Gasteiger partial charge in [-0.25, -0.2) is 4.98 Å². The molecule has 0 N–H and O–H groups in total. The molecule has 0 spiro atoms. The minimum Gasteiger partial charge on any atom is -0.347 e. The molecule has 2 heterocycles. The first-order chi connectivity index (χ1) is 5.86. The quantitative estimate of drug-likeness (QED) is 0.755. The summed E-state index contributed by atoms with van der Waals surface area (Å²) in [6.45, 7) is 1.12. The van der Waals surface area contributed by atoms with Crippen molar-refractivity contribution in [1.82, 2.24) is 4.98 Å². The van der Waals surface area contributed by atoms with Gasteiger partial charge in [0.2, 0.25) is 0 Å². The molecule has 4 heteroatoms. The summed E-state index contributed by atoms with van der Waals surface area (Å²) < 4.78 is 1.04. The number of pyridine rings is 1. The van der Waals surface area contributed by atoms with E-state index in [0.29, 0.717) is 0 Å². The van der Waals surface area contributed by atoms with Crippen LogP contribution in [-0.2, 0) is 0 Å². The zero-order chi connectivity index (χ0) is 8.39. The van der Waals surface area contributed by atoms with Gasteiger partial charge in [-0.1, -0.05) is 0 Å². The van der Waals surface area contributed by atoms with E-state index in [9.17, 15) is 0 Å². The van der Waals surface area contributed by atoms with Gasteiger partial charge in [0.15, 0.2) is 0 Å². The Kier molecular flexibility index (Phi) is 2.56. The van der Waals surface area contributed by atoms with Crippen LogP contribution in [0.4, 0.5) is 5.82 Å². The number of hydrogen-bond acceptors (Lipinski definition) is 3. The molecule has 0 aromatic carbocycles. The number of hydrogen-bond donors (Lipinski definition) is 0. The van der Waals surface area contributed by atoms with Gasteiger partial charge in [0.25, 0.3) is 0 Å². The molecule has 0 bridgehead atoms. The lowest BCUT2D eigenvalue weighted by Crippen LogP contribution is -2.18. The topological polar surface area (TPSA) is 16.1 Å². The zero-order valence-corrected chi connectivity index (χ0v) is 8.94. The number of thioether (sulfide) groups is 1. The maximum absolute atomic E-state index is 4.33. The molecule has 2 rings (SSSR count). The first-order valence-electron chi connectivity index (χ1n) is 3.80. The predicted octanol–water partition coefficient (Wildman–Crippen LogP) is 2.35. The van der Waals surface area contributed by atoms with E-state index < -0.39 is 0 Å². The van der Waals surface area contributed by atoms with E-state index in [0.717, 1.165) is 22.7 Å². The highest BCUT2D eigenvalue weighted by Gasteiger charge is 2.12. The lowest BCUT2D eigenvalue weighted by Gasteiger charge is -2.14. The molecule has 0 amide bonds. The molecule has 1 aliphatic rings. The molecule has 1 aromatic heterocycles. The summed E-state index contributed by atoms with van der Waals surface area (Å²) >= 11 is 5.32. The van der Waals surface area contributed by atoms with Crippen LogP contribution in [-0.4, -0.2) is 23.2 Å². The number of rotatable bonds is 1. The smallest absolute Gasteiger partial charge is 0.129 e. The van der Waals surface area contributed by atoms with E-state index in [1.165, 1.54) is 5.75 Å².